The first-order valence-electron chi connectivity index (χ1n) is 11.6. The van der Waals surface area contributed by atoms with Crippen molar-refractivity contribution in [2.75, 3.05) is 18.1 Å². The number of benzene rings is 1. The molecule has 1 aromatic carbocycles. The molecule has 2 heterocycles. The van der Waals surface area contributed by atoms with E-state index >= 15 is 0 Å². The SMILES string of the molecule is CCSCCOC(=O)C1=C(C)NC2=C(C(=O)C[C@H](c3cccs3)C2)[C@H]1c1ccc(C)c([N+](=O)[O-])c1. The smallest absolute Gasteiger partial charge is 0.336 e. The predicted molar refractivity (Wildman–Crippen MR) is 139 cm³/mol. The molecule has 1 aromatic heterocycles. The molecule has 0 amide bonds. The van der Waals surface area contributed by atoms with Gasteiger partial charge in [0.05, 0.1) is 10.5 Å². The number of ether oxygens (including phenoxy) is 1. The van der Waals surface area contributed by atoms with Crippen molar-refractivity contribution in [3.05, 3.63) is 84.4 Å². The molecule has 0 saturated heterocycles. The predicted octanol–water partition coefficient (Wildman–Crippen LogP) is 5.62. The van der Waals surface area contributed by atoms with Gasteiger partial charge in [-0.1, -0.05) is 25.1 Å². The third-order valence-electron chi connectivity index (χ3n) is 6.42. The molecule has 0 spiro atoms. The number of dihydropyridines is 1. The van der Waals surface area contributed by atoms with Crippen molar-refractivity contribution in [3.63, 3.8) is 0 Å². The number of aryl methyl sites for hydroxylation is 1. The van der Waals surface area contributed by atoms with Crippen LogP contribution in [0.4, 0.5) is 5.69 Å². The first-order chi connectivity index (χ1) is 16.8. The minimum atomic E-state index is -0.714. The second-order valence-electron chi connectivity index (χ2n) is 8.67. The summed E-state index contributed by atoms with van der Waals surface area (Å²) in [6.07, 6.45) is 0.971. The fraction of sp³-hybridized carbons (Fsp3) is 0.385. The zero-order valence-electron chi connectivity index (χ0n) is 20.0. The first kappa shape index (κ1) is 25.2. The van der Waals surface area contributed by atoms with Crippen LogP contribution < -0.4 is 5.32 Å². The lowest BCUT2D eigenvalue weighted by molar-refractivity contribution is -0.385. The maximum atomic E-state index is 13.6. The van der Waals surface area contributed by atoms with Crippen LogP contribution in [0.2, 0.25) is 0 Å². The summed E-state index contributed by atoms with van der Waals surface area (Å²) in [4.78, 5) is 39.2. The van der Waals surface area contributed by atoms with Crippen LogP contribution in [0.3, 0.4) is 0 Å². The second-order valence-corrected chi connectivity index (χ2v) is 11.0. The molecule has 2 atom stereocenters. The van der Waals surface area contributed by atoms with E-state index in [1.54, 1.807) is 49.1 Å². The lowest BCUT2D eigenvalue weighted by Crippen LogP contribution is -2.36. The number of carbonyl (C=O) groups excluding carboxylic acids is 2. The Balaban J connectivity index is 1.77. The Morgan fingerprint density at radius 3 is 2.77 bits per heavy atom. The number of carbonyl (C=O) groups is 2. The molecule has 0 bridgehead atoms. The van der Waals surface area contributed by atoms with Gasteiger partial charge in [-0.3, -0.25) is 14.9 Å². The Morgan fingerprint density at radius 1 is 1.29 bits per heavy atom. The molecule has 2 aliphatic rings. The number of nitrogens with one attached hydrogen (secondary N) is 1. The summed E-state index contributed by atoms with van der Waals surface area (Å²) >= 11 is 3.30. The lowest BCUT2D eigenvalue weighted by Gasteiger charge is -2.36. The fourth-order valence-corrected chi connectivity index (χ4v) is 6.11. The van der Waals surface area contributed by atoms with Crippen LogP contribution in [0.15, 0.2) is 58.3 Å². The van der Waals surface area contributed by atoms with E-state index in [1.807, 2.05) is 24.4 Å². The maximum Gasteiger partial charge on any atom is 0.336 e. The monoisotopic (exact) mass is 512 g/mol. The summed E-state index contributed by atoms with van der Waals surface area (Å²) < 4.78 is 5.58. The summed E-state index contributed by atoms with van der Waals surface area (Å²) in [5.74, 6) is 0.400. The number of allylic oxidation sites excluding steroid dienone is 3. The molecule has 0 radical (unpaired) electrons. The number of hydrogen-bond donors (Lipinski definition) is 1. The van der Waals surface area contributed by atoms with Crippen LogP contribution >= 0.6 is 23.1 Å². The van der Waals surface area contributed by atoms with Gasteiger partial charge in [0.25, 0.3) is 5.69 Å². The van der Waals surface area contributed by atoms with Gasteiger partial charge in [0.15, 0.2) is 5.78 Å². The molecule has 1 aliphatic heterocycles. The second kappa shape index (κ2) is 10.8. The van der Waals surface area contributed by atoms with Crippen LogP contribution in [0, 0.1) is 17.0 Å². The molecule has 0 saturated carbocycles. The van der Waals surface area contributed by atoms with Gasteiger partial charge in [0, 0.05) is 57.5 Å². The number of thiophene rings is 1. The minimum Gasteiger partial charge on any atom is -0.461 e. The van der Waals surface area contributed by atoms with Gasteiger partial charge in [-0.15, -0.1) is 11.3 Å². The van der Waals surface area contributed by atoms with E-state index in [1.165, 1.54) is 6.07 Å². The third-order valence-corrected chi connectivity index (χ3v) is 8.32. The maximum absolute atomic E-state index is 13.6. The fourth-order valence-electron chi connectivity index (χ4n) is 4.79. The zero-order chi connectivity index (χ0) is 25.1. The highest BCUT2D eigenvalue weighted by molar-refractivity contribution is 7.99. The van der Waals surface area contributed by atoms with Gasteiger partial charge in [-0.25, -0.2) is 4.79 Å². The summed E-state index contributed by atoms with van der Waals surface area (Å²) in [5.41, 5.74) is 3.29. The highest BCUT2D eigenvalue weighted by Gasteiger charge is 2.42. The molecular weight excluding hydrogens is 484 g/mol. The summed E-state index contributed by atoms with van der Waals surface area (Å²) in [7, 11) is 0. The quantitative estimate of drug-likeness (QED) is 0.212. The van der Waals surface area contributed by atoms with Gasteiger partial charge in [0.1, 0.15) is 6.61 Å². The normalized spacial score (nSPS) is 19.9. The van der Waals surface area contributed by atoms with Crippen molar-refractivity contribution in [2.45, 2.75) is 45.4 Å². The van der Waals surface area contributed by atoms with E-state index in [4.69, 9.17) is 4.74 Å². The Hall–Kier alpha value is -2.91. The average Bonchev–Trinajstić information content (AvgIpc) is 3.36. The van der Waals surface area contributed by atoms with Crippen molar-refractivity contribution in [1.29, 1.82) is 0 Å². The van der Waals surface area contributed by atoms with Crippen molar-refractivity contribution < 1.29 is 19.2 Å². The topological polar surface area (TPSA) is 98.5 Å². The number of nitro groups is 1. The molecule has 0 fully saturated rings. The van der Waals surface area contributed by atoms with Crippen molar-refractivity contribution >= 4 is 40.5 Å². The van der Waals surface area contributed by atoms with E-state index < -0.39 is 16.8 Å². The zero-order valence-corrected chi connectivity index (χ0v) is 21.6. The van der Waals surface area contributed by atoms with E-state index in [9.17, 15) is 19.7 Å². The van der Waals surface area contributed by atoms with E-state index in [2.05, 4.69) is 5.32 Å². The Morgan fingerprint density at radius 2 is 2.09 bits per heavy atom. The van der Waals surface area contributed by atoms with Crippen molar-refractivity contribution in [3.8, 4) is 0 Å². The van der Waals surface area contributed by atoms with Gasteiger partial charge < -0.3 is 10.1 Å². The summed E-state index contributed by atoms with van der Waals surface area (Å²) in [6.45, 7) is 5.77. The van der Waals surface area contributed by atoms with Crippen LogP contribution in [-0.2, 0) is 14.3 Å². The number of rotatable bonds is 8. The van der Waals surface area contributed by atoms with Gasteiger partial charge in [0.2, 0.25) is 0 Å². The van der Waals surface area contributed by atoms with Crippen molar-refractivity contribution in [1.82, 2.24) is 5.32 Å². The molecule has 4 rings (SSSR count). The molecule has 1 aliphatic carbocycles. The summed E-state index contributed by atoms with van der Waals surface area (Å²) in [5, 5.41) is 17.0. The number of nitro benzene ring substituents is 1. The van der Waals surface area contributed by atoms with Crippen molar-refractivity contribution in [2.24, 2.45) is 0 Å². The van der Waals surface area contributed by atoms with Gasteiger partial charge in [-0.05, 0) is 43.0 Å². The first-order valence-corrected chi connectivity index (χ1v) is 13.6. The number of nitrogens with zero attached hydrogens (tertiary/aromatic N) is 1. The number of ketones is 1. The van der Waals surface area contributed by atoms with Gasteiger partial charge in [-0.2, -0.15) is 11.8 Å². The summed E-state index contributed by atoms with van der Waals surface area (Å²) in [6, 6.07) is 8.95. The van der Waals surface area contributed by atoms with Crippen LogP contribution in [0.25, 0.3) is 0 Å². The van der Waals surface area contributed by atoms with Crippen LogP contribution in [-0.4, -0.2) is 34.8 Å². The standard InChI is InChI=1S/C26H28N2O5S2/c1-4-34-11-9-33-26(30)23-16(3)27-19-12-18(22-6-5-10-35-22)14-21(29)25(19)24(23)17-8-7-15(2)20(13-17)28(31)32/h5-8,10,13,18,24,27H,4,9,11-12,14H2,1-3H3/t18-,24+/m1/s1. The Labute approximate surface area is 212 Å². The van der Waals surface area contributed by atoms with Gasteiger partial charge >= 0.3 is 5.97 Å². The number of Topliss-reactive ketones (excluding diaryl/α,β-unsaturated/α-hetero) is 1. The molecule has 1 N–H and O–H groups in total. The molecule has 0 unspecified atom stereocenters. The number of thioether (sulfide) groups is 1. The third kappa shape index (κ3) is 5.21. The number of esters is 1. The number of hydrogen-bond acceptors (Lipinski definition) is 8. The molecule has 2 aromatic rings. The minimum absolute atomic E-state index is 0.0346. The largest absolute Gasteiger partial charge is 0.461 e. The lowest BCUT2D eigenvalue weighted by atomic mass is 9.72. The highest BCUT2D eigenvalue weighted by atomic mass is 32.2. The Kier molecular flexibility index (Phi) is 7.76. The molecule has 9 heteroatoms. The molecule has 7 nitrogen and oxygen atoms in total. The van der Waals surface area contributed by atoms with E-state index in [0.29, 0.717) is 46.6 Å². The molecule has 35 heavy (non-hydrogen) atoms. The Bertz CT molecular complexity index is 1220. The van der Waals surface area contributed by atoms with Crippen LogP contribution in [0.5, 0.6) is 0 Å². The average molecular weight is 513 g/mol. The highest BCUT2D eigenvalue weighted by Crippen LogP contribution is 2.46. The molecular formula is C26H28N2O5S2. The van der Waals surface area contributed by atoms with E-state index in [-0.39, 0.29) is 24.0 Å². The molecule has 184 valence electrons. The van der Waals surface area contributed by atoms with Crippen LogP contribution in [0.1, 0.15) is 54.5 Å². The van der Waals surface area contributed by atoms with E-state index in [0.717, 1.165) is 16.3 Å².